The number of amides is 1. The monoisotopic (exact) mass is 333 g/mol. The Balaban J connectivity index is 1.46. The third-order valence-electron chi connectivity index (χ3n) is 4.46. The first-order chi connectivity index (χ1) is 11.2. The maximum absolute atomic E-state index is 12.2. The molecule has 1 aliphatic heterocycles. The molecule has 1 fully saturated rings. The van der Waals surface area contributed by atoms with Crippen molar-refractivity contribution in [3.8, 4) is 0 Å². The number of aromatic nitrogens is 1. The lowest BCUT2D eigenvalue weighted by Crippen LogP contribution is -2.30. The number of benzene rings is 1. The van der Waals surface area contributed by atoms with E-state index in [2.05, 4.69) is 15.2 Å². The van der Waals surface area contributed by atoms with Crippen molar-refractivity contribution >= 4 is 28.4 Å². The average Bonchev–Trinajstić information content (AvgIpc) is 2.79. The molecule has 4 nitrogen and oxygen atoms in total. The summed E-state index contributed by atoms with van der Waals surface area (Å²) in [6.07, 6.45) is 6.33. The molecule has 23 heavy (non-hydrogen) atoms. The number of hydrogen-bond donors (Lipinski definition) is 2. The van der Waals surface area contributed by atoms with Gasteiger partial charge in [0.1, 0.15) is 5.69 Å². The molecule has 1 aromatic heterocycles. The molecule has 1 amide bonds. The van der Waals surface area contributed by atoms with Crippen LogP contribution in [-0.2, 0) is 0 Å². The highest BCUT2D eigenvalue weighted by Gasteiger charge is 2.11. The summed E-state index contributed by atoms with van der Waals surface area (Å²) in [6.45, 7) is 4.20. The van der Waals surface area contributed by atoms with Crippen LogP contribution in [0.4, 0.5) is 0 Å². The molecular weight excluding hydrogens is 310 g/mol. The van der Waals surface area contributed by atoms with E-state index >= 15 is 0 Å². The molecule has 5 heteroatoms. The molecule has 1 aliphatic rings. The van der Waals surface area contributed by atoms with E-state index in [4.69, 9.17) is 11.6 Å². The van der Waals surface area contributed by atoms with E-state index in [1.54, 1.807) is 0 Å². The maximum atomic E-state index is 12.2. The normalized spacial score (nSPS) is 16.4. The lowest BCUT2D eigenvalue weighted by Gasteiger charge is -2.19. The van der Waals surface area contributed by atoms with Gasteiger partial charge in [0.15, 0.2) is 0 Å². The number of carbonyl (C=O) groups excluding carboxylic acids is 1. The molecule has 2 heterocycles. The van der Waals surface area contributed by atoms with Gasteiger partial charge in [-0.1, -0.05) is 30.5 Å². The Morgan fingerprint density at radius 2 is 1.96 bits per heavy atom. The summed E-state index contributed by atoms with van der Waals surface area (Å²) in [5.41, 5.74) is 1.49. The molecule has 3 rings (SSSR count). The van der Waals surface area contributed by atoms with Gasteiger partial charge in [-0.05, 0) is 57.1 Å². The van der Waals surface area contributed by atoms with Crippen LogP contribution in [-0.4, -0.2) is 42.0 Å². The fourth-order valence-electron chi connectivity index (χ4n) is 3.18. The highest BCUT2D eigenvalue weighted by atomic mass is 35.5. The van der Waals surface area contributed by atoms with Gasteiger partial charge in [-0.15, -0.1) is 0 Å². The van der Waals surface area contributed by atoms with E-state index < -0.39 is 0 Å². The fraction of sp³-hybridized carbons (Fsp3) is 0.500. The second-order valence-electron chi connectivity index (χ2n) is 6.28. The number of H-pyrrole nitrogens is 1. The van der Waals surface area contributed by atoms with Crippen LogP contribution in [0.1, 0.15) is 42.6 Å². The number of halogens is 1. The van der Waals surface area contributed by atoms with Crippen molar-refractivity contribution in [3.63, 3.8) is 0 Å². The van der Waals surface area contributed by atoms with Crippen LogP contribution >= 0.6 is 11.6 Å². The predicted molar refractivity (Wildman–Crippen MR) is 95.2 cm³/mol. The Hall–Kier alpha value is -1.52. The van der Waals surface area contributed by atoms with Gasteiger partial charge in [-0.2, -0.15) is 0 Å². The summed E-state index contributed by atoms with van der Waals surface area (Å²) in [6, 6.07) is 7.47. The second kappa shape index (κ2) is 7.84. The van der Waals surface area contributed by atoms with Crippen LogP contribution in [0.2, 0.25) is 5.02 Å². The van der Waals surface area contributed by atoms with Crippen molar-refractivity contribution in [2.75, 3.05) is 26.2 Å². The van der Waals surface area contributed by atoms with Gasteiger partial charge in [0, 0.05) is 22.5 Å². The number of fused-ring (bicyclic) bond motifs is 1. The second-order valence-corrected chi connectivity index (χ2v) is 6.72. The number of likely N-dealkylation sites (tertiary alicyclic amines) is 1. The zero-order valence-electron chi connectivity index (χ0n) is 13.4. The van der Waals surface area contributed by atoms with Crippen molar-refractivity contribution in [2.24, 2.45) is 0 Å². The zero-order valence-corrected chi connectivity index (χ0v) is 14.2. The van der Waals surface area contributed by atoms with Crippen molar-refractivity contribution < 1.29 is 4.79 Å². The topological polar surface area (TPSA) is 48.1 Å². The fourth-order valence-corrected chi connectivity index (χ4v) is 3.35. The quantitative estimate of drug-likeness (QED) is 0.817. The van der Waals surface area contributed by atoms with E-state index in [0.717, 1.165) is 23.9 Å². The zero-order chi connectivity index (χ0) is 16.1. The van der Waals surface area contributed by atoms with Gasteiger partial charge in [0.2, 0.25) is 0 Å². The molecule has 0 bridgehead atoms. The van der Waals surface area contributed by atoms with Crippen LogP contribution < -0.4 is 5.32 Å². The van der Waals surface area contributed by atoms with Gasteiger partial charge in [-0.3, -0.25) is 4.79 Å². The average molecular weight is 334 g/mol. The number of nitrogens with zero attached hydrogens (tertiary/aromatic N) is 1. The molecule has 2 N–H and O–H groups in total. The molecule has 2 aromatic rings. The van der Waals surface area contributed by atoms with E-state index in [9.17, 15) is 4.79 Å². The standard InChI is InChI=1S/C18H24ClN3O/c19-15-7-6-14-12-17(21-16(14)13-15)18(23)20-8-5-11-22-9-3-1-2-4-10-22/h6-7,12-13,21H,1-5,8-11H2,(H,20,23). The maximum Gasteiger partial charge on any atom is 0.267 e. The summed E-state index contributed by atoms with van der Waals surface area (Å²) in [4.78, 5) is 17.9. The van der Waals surface area contributed by atoms with Crippen molar-refractivity contribution in [3.05, 3.63) is 35.0 Å². The van der Waals surface area contributed by atoms with Gasteiger partial charge >= 0.3 is 0 Å². The van der Waals surface area contributed by atoms with Crippen LogP contribution in [0, 0.1) is 0 Å². The summed E-state index contributed by atoms with van der Waals surface area (Å²) in [5, 5.41) is 4.67. The Kier molecular flexibility index (Phi) is 5.57. The molecule has 0 unspecified atom stereocenters. The summed E-state index contributed by atoms with van der Waals surface area (Å²) >= 11 is 5.97. The first-order valence-corrected chi connectivity index (χ1v) is 8.89. The minimum Gasteiger partial charge on any atom is -0.351 e. The minimum absolute atomic E-state index is 0.0480. The predicted octanol–water partition coefficient (Wildman–Crippen LogP) is 3.82. The van der Waals surface area contributed by atoms with Gasteiger partial charge < -0.3 is 15.2 Å². The molecule has 0 atom stereocenters. The molecule has 0 saturated carbocycles. The molecule has 124 valence electrons. The third-order valence-corrected chi connectivity index (χ3v) is 4.70. The van der Waals surface area contributed by atoms with E-state index in [-0.39, 0.29) is 5.91 Å². The number of aromatic amines is 1. The van der Waals surface area contributed by atoms with E-state index in [0.29, 0.717) is 17.3 Å². The minimum atomic E-state index is -0.0480. The van der Waals surface area contributed by atoms with Gasteiger partial charge in [0.05, 0.1) is 0 Å². The van der Waals surface area contributed by atoms with E-state index in [1.807, 2.05) is 24.3 Å². The lowest BCUT2D eigenvalue weighted by atomic mass is 10.2. The van der Waals surface area contributed by atoms with Crippen molar-refractivity contribution in [2.45, 2.75) is 32.1 Å². The molecule has 1 saturated heterocycles. The summed E-state index contributed by atoms with van der Waals surface area (Å²) in [7, 11) is 0. The largest absolute Gasteiger partial charge is 0.351 e. The summed E-state index contributed by atoms with van der Waals surface area (Å²) < 4.78 is 0. The van der Waals surface area contributed by atoms with Crippen molar-refractivity contribution in [1.29, 1.82) is 0 Å². The van der Waals surface area contributed by atoms with Crippen LogP contribution in [0.25, 0.3) is 10.9 Å². The number of carbonyl (C=O) groups is 1. The Morgan fingerprint density at radius 1 is 1.17 bits per heavy atom. The highest BCUT2D eigenvalue weighted by Crippen LogP contribution is 2.19. The first kappa shape index (κ1) is 16.3. The summed E-state index contributed by atoms with van der Waals surface area (Å²) in [5.74, 6) is -0.0480. The molecular formula is C18H24ClN3O. The Labute approximate surface area is 142 Å². The third kappa shape index (κ3) is 4.49. The SMILES string of the molecule is O=C(NCCCN1CCCCCC1)c1cc2ccc(Cl)cc2[nH]1. The number of nitrogens with one attached hydrogen (secondary N) is 2. The van der Waals surface area contributed by atoms with Gasteiger partial charge in [0.25, 0.3) is 5.91 Å². The number of rotatable bonds is 5. The van der Waals surface area contributed by atoms with Crippen LogP contribution in [0.5, 0.6) is 0 Å². The van der Waals surface area contributed by atoms with Crippen molar-refractivity contribution in [1.82, 2.24) is 15.2 Å². The number of hydrogen-bond acceptors (Lipinski definition) is 2. The van der Waals surface area contributed by atoms with Crippen LogP contribution in [0.15, 0.2) is 24.3 Å². The Bertz CT molecular complexity index is 659. The molecule has 0 spiro atoms. The van der Waals surface area contributed by atoms with Crippen LogP contribution in [0.3, 0.4) is 0 Å². The highest BCUT2D eigenvalue weighted by molar-refractivity contribution is 6.31. The molecule has 0 radical (unpaired) electrons. The smallest absolute Gasteiger partial charge is 0.267 e. The van der Waals surface area contributed by atoms with E-state index in [1.165, 1.54) is 38.8 Å². The Morgan fingerprint density at radius 3 is 2.74 bits per heavy atom. The lowest BCUT2D eigenvalue weighted by molar-refractivity contribution is 0.0947. The molecule has 1 aromatic carbocycles. The first-order valence-electron chi connectivity index (χ1n) is 8.51. The van der Waals surface area contributed by atoms with Gasteiger partial charge in [-0.25, -0.2) is 0 Å². The molecule has 0 aliphatic carbocycles.